The second-order valence-corrected chi connectivity index (χ2v) is 13.7. The number of benzene rings is 2. The van der Waals surface area contributed by atoms with Gasteiger partial charge in [-0.05, 0) is 92.7 Å². The van der Waals surface area contributed by atoms with Crippen LogP contribution in [0.5, 0.6) is 5.75 Å². The molecule has 1 atom stereocenters. The lowest BCUT2D eigenvalue weighted by Gasteiger charge is -2.42. The van der Waals surface area contributed by atoms with Crippen molar-refractivity contribution in [2.45, 2.75) is 69.6 Å². The molecule has 0 saturated carbocycles. The third-order valence-electron chi connectivity index (χ3n) is 10.7. The first-order valence-electron chi connectivity index (χ1n) is 17.3. The SMILES string of the molecule is Bc1cc(C[C@@H](OC(=O)N2CCC(N3CCc4ccccc4NC3=O)CC2)C(=O)N2CCC(N3CCC(CO)CC3)CC2)ccc1O. The van der Waals surface area contributed by atoms with Crippen LogP contribution in [-0.4, -0.2) is 126 Å². The highest BCUT2D eigenvalue weighted by atomic mass is 16.6. The summed E-state index contributed by atoms with van der Waals surface area (Å²) in [6.07, 6.45) is 4.56. The van der Waals surface area contributed by atoms with Crippen molar-refractivity contribution in [3.05, 3.63) is 53.6 Å². The molecular formula is C35H48BN5O6. The molecule has 4 amide bonds. The molecule has 0 spiro atoms. The molecule has 0 aliphatic carbocycles. The Kier molecular flexibility index (Phi) is 10.6. The number of aliphatic hydroxyl groups is 1. The quantitative estimate of drug-likeness (QED) is 0.393. The van der Waals surface area contributed by atoms with Gasteiger partial charge < -0.3 is 39.9 Å². The van der Waals surface area contributed by atoms with Gasteiger partial charge in [0, 0.05) is 63.5 Å². The van der Waals surface area contributed by atoms with Gasteiger partial charge in [0.05, 0.1) is 0 Å². The van der Waals surface area contributed by atoms with Crippen molar-refractivity contribution in [2.24, 2.45) is 5.92 Å². The van der Waals surface area contributed by atoms with E-state index in [0.29, 0.717) is 63.0 Å². The van der Waals surface area contributed by atoms with Crippen LogP contribution in [0.1, 0.15) is 49.7 Å². The van der Waals surface area contributed by atoms with Crippen LogP contribution >= 0.6 is 0 Å². The molecule has 4 aliphatic heterocycles. The van der Waals surface area contributed by atoms with E-state index in [1.165, 1.54) is 0 Å². The fourth-order valence-corrected chi connectivity index (χ4v) is 7.69. The van der Waals surface area contributed by atoms with Crippen LogP contribution in [0.2, 0.25) is 0 Å². The van der Waals surface area contributed by atoms with E-state index in [0.717, 1.165) is 62.0 Å². The van der Waals surface area contributed by atoms with Gasteiger partial charge in [-0.2, -0.15) is 0 Å². The lowest BCUT2D eigenvalue weighted by atomic mass is 9.91. The van der Waals surface area contributed by atoms with Gasteiger partial charge in [0.15, 0.2) is 6.10 Å². The topological polar surface area (TPSA) is 126 Å². The molecule has 11 nitrogen and oxygen atoms in total. The van der Waals surface area contributed by atoms with E-state index in [4.69, 9.17) is 4.74 Å². The lowest BCUT2D eigenvalue weighted by molar-refractivity contribution is -0.142. The van der Waals surface area contributed by atoms with Crippen molar-refractivity contribution >= 4 is 37.0 Å². The summed E-state index contributed by atoms with van der Waals surface area (Å²) < 4.78 is 6.02. The summed E-state index contributed by atoms with van der Waals surface area (Å²) in [6.45, 7) is 4.95. The second-order valence-electron chi connectivity index (χ2n) is 13.7. The fraction of sp³-hybridized carbons (Fsp3) is 0.571. The minimum absolute atomic E-state index is 0.0153. The molecule has 4 aliphatic rings. The summed E-state index contributed by atoms with van der Waals surface area (Å²) in [5, 5.41) is 22.6. The lowest BCUT2D eigenvalue weighted by Crippen LogP contribution is -2.53. The Hall–Kier alpha value is -3.77. The van der Waals surface area contributed by atoms with E-state index in [9.17, 15) is 24.6 Å². The minimum atomic E-state index is -0.976. The molecule has 4 heterocycles. The number of piperidine rings is 3. The van der Waals surface area contributed by atoms with Gasteiger partial charge in [-0.15, -0.1) is 0 Å². The van der Waals surface area contributed by atoms with Crippen LogP contribution in [0, 0.1) is 5.92 Å². The molecule has 3 N–H and O–H groups in total. The first kappa shape index (κ1) is 33.1. The number of amides is 4. The molecule has 12 heteroatoms. The predicted molar refractivity (Wildman–Crippen MR) is 182 cm³/mol. The first-order chi connectivity index (χ1) is 22.8. The molecule has 0 bridgehead atoms. The highest BCUT2D eigenvalue weighted by Crippen LogP contribution is 2.27. The molecular weight excluding hydrogens is 597 g/mol. The van der Waals surface area contributed by atoms with Gasteiger partial charge in [-0.25, -0.2) is 9.59 Å². The van der Waals surface area contributed by atoms with Crippen molar-refractivity contribution in [1.29, 1.82) is 0 Å². The van der Waals surface area contributed by atoms with Crippen LogP contribution in [0.4, 0.5) is 15.3 Å². The molecule has 47 heavy (non-hydrogen) atoms. The van der Waals surface area contributed by atoms with Crippen molar-refractivity contribution in [3.63, 3.8) is 0 Å². The highest BCUT2D eigenvalue weighted by Gasteiger charge is 2.36. The maximum atomic E-state index is 13.9. The predicted octanol–water partition coefficient (Wildman–Crippen LogP) is 1.95. The normalized spacial score (nSPS) is 21.1. The van der Waals surface area contributed by atoms with E-state index in [2.05, 4.69) is 10.2 Å². The maximum Gasteiger partial charge on any atom is 0.410 e. The number of carbonyl (C=O) groups excluding carboxylic acids is 3. The Morgan fingerprint density at radius 3 is 2.28 bits per heavy atom. The zero-order valence-electron chi connectivity index (χ0n) is 27.5. The van der Waals surface area contributed by atoms with Crippen molar-refractivity contribution < 1.29 is 29.3 Å². The fourth-order valence-electron chi connectivity index (χ4n) is 7.69. The Morgan fingerprint density at radius 2 is 1.57 bits per heavy atom. The molecule has 252 valence electrons. The maximum absolute atomic E-state index is 13.9. The van der Waals surface area contributed by atoms with E-state index in [-0.39, 0.29) is 36.8 Å². The van der Waals surface area contributed by atoms with Gasteiger partial charge in [0.25, 0.3) is 5.91 Å². The number of anilines is 1. The smallest absolute Gasteiger partial charge is 0.410 e. The number of hydrogen-bond donors (Lipinski definition) is 3. The van der Waals surface area contributed by atoms with Crippen molar-refractivity contribution in [2.75, 3.05) is 57.7 Å². The summed E-state index contributed by atoms with van der Waals surface area (Å²) >= 11 is 0. The number of phenolic OH excluding ortho intramolecular Hbond substituents is 1. The molecule has 0 aromatic heterocycles. The third kappa shape index (κ3) is 7.87. The molecule has 0 unspecified atom stereocenters. The zero-order valence-corrected chi connectivity index (χ0v) is 27.5. The number of nitrogens with one attached hydrogen (secondary N) is 1. The third-order valence-corrected chi connectivity index (χ3v) is 10.7. The van der Waals surface area contributed by atoms with Crippen LogP contribution in [0.15, 0.2) is 42.5 Å². The largest absolute Gasteiger partial charge is 0.509 e. The number of likely N-dealkylation sites (tertiary alicyclic amines) is 3. The van der Waals surface area contributed by atoms with E-state index in [1.807, 2.05) is 48.0 Å². The first-order valence-corrected chi connectivity index (χ1v) is 17.3. The van der Waals surface area contributed by atoms with Gasteiger partial charge in [0.2, 0.25) is 0 Å². The molecule has 6 rings (SSSR count). The van der Waals surface area contributed by atoms with Crippen LogP contribution in [-0.2, 0) is 22.4 Å². The van der Waals surface area contributed by atoms with Crippen LogP contribution in [0.25, 0.3) is 0 Å². The number of para-hydroxylation sites is 1. The standard InChI is InChI=1S/C35H48BN5O6/c36-29-21-25(5-6-31(29)43)22-32(33(44)39-16-10-27(11-17-39)38-14-7-24(23-42)8-15-38)47-35(46)40-18-12-28(13-19-40)41-20-9-26-3-1-2-4-30(26)37-34(41)45/h1-6,21,24,27-28,32,42-43H,7-20,22-23,36H2,(H,37,45)/t32-/m1/s1. The summed E-state index contributed by atoms with van der Waals surface area (Å²) in [5.74, 6) is 0.394. The van der Waals surface area contributed by atoms with Crippen molar-refractivity contribution in [3.8, 4) is 5.75 Å². The number of aliphatic hydroxyl groups excluding tert-OH is 1. The highest BCUT2D eigenvalue weighted by molar-refractivity contribution is 6.34. The number of urea groups is 1. The molecule has 3 saturated heterocycles. The Labute approximate surface area is 278 Å². The average Bonchev–Trinajstić information content (AvgIpc) is 3.27. The Bertz CT molecular complexity index is 1420. The van der Waals surface area contributed by atoms with Gasteiger partial charge in [-0.3, -0.25) is 4.79 Å². The van der Waals surface area contributed by atoms with Gasteiger partial charge in [-0.1, -0.05) is 30.3 Å². The minimum Gasteiger partial charge on any atom is -0.509 e. The van der Waals surface area contributed by atoms with Gasteiger partial charge >= 0.3 is 12.1 Å². The summed E-state index contributed by atoms with van der Waals surface area (Å²) in [6, 6.07) is 13.4. The van der Waals surface area contributed by atoms with Crippen molar-refractivity contribution in [1.82, 2.24) is 19.6 Å². The zero-order chi connectivity index (χ0) is 32.9. The number of ether oxygens (including phenoxy) is 1. The summed E-state index contributed by atoms with van der Waals surface area (Å²) in [7, 11) is 1.81. The number of rotatable bonds is 7. The number of aromatic hydroxyl groups is 1. The van der Waals surface area contributed by atoms with Crippen LogP contribution < -0.4 is 10.8 Å². The number of hydrogen-bond acceptors (Lipinski definition) is 7. The van der Waals surface area contributed by atoms with Gasteiger partial charge in [0.1, 0.15) is 13.6 Å². The summed E-state index contributed by atoms with van der Waals surface area (Å²) in [5.41, 5.74) is 3.50. The average molecular weight is 646 g/mol. The monoisotopic (exact) mass is 645 g/mol. The number of carbonyl (C=O) groups is 3. The molecule has 2 aromatic carbocycles. The summed E-state index contributed by atoms with van der Waals surface area (Å²) in [4.78, 5) is 48.4. The molecule has 2 aromatic rings. The van der Waals surface area contributed by atoms with Crippen LogP contribution in [0.3, 0.4) is 0 Å². The van der Waals surface area contributed by atoms with E-state index >= 15 is 0 Å². The second kappa shape index (κ2) is 15.0. The Balaban J connectivity index is 1.06. The Morgan fingerprint density at radius 1 is 0.894 bits per heavy atom. The number of phenols is 1. The van der Waals surface area contributed by atoms with E-state index in [1.54, 1.807) is 17.0 Å². The molecule has 0 radical (unpaired) electrons. The van der Waals surface area contributed by atoms with E-state index < -0.39 is 12.2 Å². The molecule has 3 fully saturated rings. The number of nitrogens with zero attached hydrogens (tertiary/aromatic N) is 4. The number of fused-ring (bicyclic) bond motifs is 1.